The first-order chi connectivity index (χ1) is 10.8. The van der Waals surface area contributed by atoms with Gasteiger partial charge in [0.15, 0.2) is 0 Å². The van der Waals surface area contributed by atoms with Gasteiger partial charge in [-0.15, -0.1) is 0 Å². The fraction of sp³-hybridized carbons (Fsp3) is 0.450. The zero-order chi connectivity index (χ0) is 16.9. The second kappa shape index (κ2) is 7.60. The van der Waals surface area contributed by atoms with Crippen LogP contribution in [0, 0.1) is 19.3 Å². The fourth-order valence-electron chi connectivity index (χ4n) is 2.66. The predicted octanol–water partition coefficient (Wildman–Crippen LogP) is 4.31. The summed E-state index contributed by atoms with van der Waals surface area (Å²) in [7, 11) is 0. The number of aromatic nitrogens is 1. The molecule has 23 heavy (non-hydrogen) atoms. The highest BCUT2D eigenvalue weighted by atomic mass is 15.0. The van der Waals surface area contributed by atoms with E-state index >= 15 is 0 Å². The lowest BCUT2D eigenvalue weighted by molar-refractivity contribution is 0.277. The second-order valence-corrected chi connectivity index (χ2v) is 7.34. The van der Waals surface area contributed by atoms with Crippen LogP contribution in [0.3, 0.4) is 0 Å². The van der Waals surface area contributed by atoms with Crippen LogP contribution in [-0.2, 0) is 6.54 Å². The Kier molecular flexibility index (Phi) is 5.78. The fourth-order valence-corrected chi connectivity index (χ4v) is 2.66. The van der Waals surface area contributed by atoms with Crippen LogP contribution < -0.4 is 10.6 Å². The summed E-state index contributed by atoms with van der Waals surface area (Å²) in [6.45, 7) is 12.7. The molecule has 1 heterocycles. The van der Waals surface area contributed by atoms with Gasteiger partial charge in [-0.1, -0.05) is 51.1 Å². The molecule has 1 atom stereocenters. The second-order valence-electron chi connectivity index (χ2n) is 7.34. The molecule has 2 rings (SSSR count). The van der Waals surface area contributed by atoms with Gasteiger partial charge in [0.1, 0.15) is 5.82 Å². The van der Waals surface area contributed by atoms with Gasteiger partial charge >= 0.3 is 0 Å². The molecule has 0 saturated carbocycles. The number of nitrogens with one attached hydrogen (secondary N) is 2. The van der Waals surface area contributed by atoms with Gasteiger partial charge in [0, 0.05) is 24.8 Å². The molecule has 0 amide bonds. The topological polar surface area (TPSA) is 37.0 Å². The largest absolute Gasteiger partial charge is 0.368 e. The smallest absolute Gasteiger partial charge is 0.126 e. The Morgan fingerprint density at radius 3 is 2.35 bits per heavy atom. The van der Waals surface area contributed by atoms with E-state index in [4.69, 9.17) is 0 Å². The number of hydrogen-bond acceptors (Lipinski definition) is 3. The highest BCUT2D eigenvalue weighted by Crippen LogP contribution is 2.20. The molecular formula is C20H29N3. The highest BCUT2D eigenvalue weighted by molar-refractivity contribution is 5.39. The van der Waals surface area contributed by atoms with Crippen molar-refractivity contribution in [3.05, 3.63) is 59.3 Å². The number of rotatable bonds is 6. The average molecular weight is 311 g/mol. The Labute approximate surface area is 140 Å². The Morgan fingerprint density at radius 1 is 1.04 bits per heavy atom. The standard InChI is InChI=1S/C20H29N3/c1-15-11-16(2)23-19(12-15)22-14-18(20(3,4)5)21-13-17-9-7-6-8-10-17/h6-12,18,21H,13-14H2,1-5H3,(H,22,23). The zero-order valence-electron chi connectivity index (χ0n) is 15.0. The van der Waals surface area contributed by atoms with Crippen LogP contribution in [0.2, 0.25) is 0 Å². The molecule has 0 aliphatic carbocycles. The lowest BCUT2D eigenvalue weighted by Crippen LogP contribution is -2.45. The third-order valence-corrected chi connectivity index (χ3v) is 4.03. The lowest BCUT2D eigenvalue weighted by atomic mass is 9.86. The number of benzene rings is 1. The van der Waals surface area contributed by atoms with Gasteiger partial charge in [0.25, 0.3) is 0 Å². The Hall–Kier alpha value is -1.87. The van der Waals surface area contributed by atoms with Gasteiger partial charge in [-0.05, 0) is 42.5 Å². The number of nitrogens with zero attached hydrogens (tertiary/aromatic N) is 1. The monoisotopic (exact) mass is 311 g/mol. The van der Waals surface area contributed by atoms with E-state index in [0.29, 0.717) is 6.04 Å². The van der Waals surface area contributed by atoms with Crippen LogP contribution in [0.25, 0.3) is 0 Å². The van der Waals surface area contributed by atoms with Crippen LogP contribution in [0.4, 0.5) is 5.82 Å². The number of pyridine rings is 1. The summed E-state index contributed by atoms with van der Waals surface area (Å²) in [5.41, 5.74) is 3.77. The summed E-state index contributed by atoms with van der Waals surface area (Å²) in [6, 6.07) is 15.1. The maximum absolute atomic E-state index is 4.57. The molecule has 3 nitrogen and oxygen atoms in total. The summed E-state index contributed by atoms with van der Waals surface area (Å²) in [5.74, 6) is 0.957. The van der Waals surface area contributed by atoms with Crippen molar-refractivity contribution in [2.45, 2.75) is 47.2 Å². The quantitative estimate of drug-likeness (QED) is 0.834. The molecule has 2 aromatic rings. The third-order valence-electron chi connectivity index (χ3n) is 4.03. The molecular weight excluding hydrogens is 282 g/mol. The van der Waals surface area contributed by atoms with Crippen LogP contribution >= 0.6 is 0 Å². The van der Waals surface area contributed by atoms with E-state index in [1.54, 1.807) is 0 Å². The van der Waals surface area contributed by atoms with E-state index in [2.05, 4.69) is 85.8 Å². The van der Waals surface area contributed by atoms with E-state index < -0.39 is 0 Å². The van der Waals surface area contributed by atoms with E-state index in [1.807, 2.05) is 6.92 Å². The van der Waals surface area contributed by atoms with Crippen molar-refractivity contribution in [2.24, 2.45) is 5.41 Å². The molecule has 1 aromatic heterocycles. The minimum atomic E-state index is 0.167. The van der Waals surface area contributed by atoms with Crippen molar-refractivity contribution in [2.75, 3.05) is 11.9 Å². The first-order valence-corrected chi connectivity index (χ1v) is 8.31. The summed E-state index contributed by atoms with van der Waals surface area (Å²) < 4.78 is 0. The Morgan fingerprint density at radius 2 is 1.74 bits per heavy atom. The van der Waals surface area contributed by atoms with E-state index in [1.165, 1.54) is 11.1 Å². The van der Waals surface area contributed by atoms with Gasteiger partial charge in [-0.3, -0.25) is 0 Å². The number of anilines is 1. The first kappa shape index (κ1) is 17.5. The zero-order valence-corrected chi connectivity index (χ0v) is 15.0. The summed E-state index contributed by atoms with van der Waals surface area (Å²) in [4.78, 5) is 4.57. The Balaban J connectivity index is 1.98. The van der Waals surface area contributed by atoms with Gasteiger partial charge in [-0.25, -0.2) is 4.98 Å². The van der Waals surface area contributed by atoms with E-state index in [0.717, 1.165) is 24.6 Å². The van der Waals surface area contributed by atoms with Crippen molar-refractivity contribution >= 4 is 5.82 Å². The molecule has 0 saturated heterocycles. The normalized spacial score (nSPS) is 12.9. The molecule has 0 aliphatic heterocycles. The molecule has 0 radical (unpaired) electrons. The average Bonchev–Trinajstić information content (AvgIpc) is 2.46. The van der Waals surface area contributed by atoms with Crippen LogP contribution in [0.15, 0.2) is 42.5 Å². The maximum Gasteiger partial charge on any atom is 0.126 e. The SMILES string of the molecule is Cc1cc(C)nc(NCC(NCc2ccccc2)C(C)(C)C)c1. The van der Waals surface area contributed by atoms with Crippen LogP contribution in [0.1, 0.15) is 37.6 Å². The third kappa shape index (κ3) is 5.68. The highest BCUT2D eigenvalue weighted by Gasteiger charge is 2.24. The summed E-state index contributed by atoms with van der Waals surface area (Å²) in [5, 5.41) is 7.18. The molecule has 3 heteroatoms. The van der Waals surface area contributed by atoms with Crippen molar-refractivity contribution in [3.63, 3.8) is 0 Å². The minimum Gasteiger partial charge on any atom is -0.368 e. The lowest BCUT2D eigenvalue weighted by Gasteiger charge is -2.32. The molecule has 124 valence electrons. The van der Waals surface area contributed by atoms with Crippen molar-refractivity contribution in [3.8, 4) is 0 Å². The summed E-state index contributed by atoms with van der Waals surface area (Å²) in [6.07, 6.45) is 0. The molecule has 0 fully saturated rings. The van der Waals surface area contributed by atoms with Crippen molar-refractivity contribution in [1.82, 2.24) is 10.3 Å². The molecule has 2 N–H and O–H groups in total. The van der Waals surface area contributed by atoms with Crippen LogP contribution in [0.5, 0.6) is 0 Å². The molecule has 0 aliphatic rings. The van der Waals surface area contributed by atoms with Crippen molar-refractivity contribution < 1.29 is 0 Å². The molecule has 1 unspecified atom stereocenters. The Bertz CT molecular complexity index is 594. The van der Waals surface area contributed by atoms with Crippen molar-refractivity contribution in [1.29, 1.82) is 0 Å². The molecule has 0 bridgehead atoms. The van der Waals surface area contributed by atoms with Gasteiger partial charge in [-0.2, -0.15) is 0 Å². The minimum absolute atomic E-state index is 0.167. The number of aryl methyl sites for hydroxylation is 2. The van der Waals surface area contributed by atoms with Crippen LogP contribution in [-0.4, -0.2) is 17.6 Å². The number of hydrogen-bond donors (Lipinski definition) is 2. The maximum atomic E-state index is 4.57. The predicted molar refractivity (Wildman–Crippen MR) is 98.7 cm³/mol. The summed E-state index contributed by atoms with van der Waals surface area (Å²) >= 11 is 0. The molecule has 1 aromatic carbocycles. The van der Waals surface area contributed by atoms with Gasteiger partial charge in [0.05, 0.1) is 0 Å². The first-order valence-electron chi connectivity index (χ1n) is 8.31. The van der Waals surface area contributed by atoms with E-state index in [9.17, 15) is 0 Å². The van der Waals surface area contributed by atoms with Gasteiger partial charge < -0.3 is 10.6 Å². The molecule has 0 spiro atoms. The van der Waals surface area contributed by atoms with Gasteiger partial charge in [0.2, 0.25) is 0 Å². The van der Waals surface area contributed by atoms with E-state index in [-0.39, 0.29) is 5.41 Å².